The average Bonchev–Trinajstić information content (AvgIpc) is 3.09. The highest BCUT2D eigenvalue weighted by Gasteiger charge is 2.29. The minimum Gasteiger partial charge on any atom is -0.476 e. The zero-order valence-electron chi connectivity index (χ0n) is 18.8. The molecule has 2 aromatic rings. The molecule has 3 heterocycles. The van der Waals surface area contributed by atoms with Gasteiger partial charge in [-0.15, -0.1) is 0 Å². The zero-order chi connectivity index (χ0) is 21.8. The van der Waals surface area contributed by atoms with Gasteiger partial charge in [0.1, 0.15) is 12.1 Å². The number of piperidine rings is 1. The summed E-state index contributed by atoms with van der Waals surface area (Å²) in [4.78, 5) is 23.8. The summed E-state index contributed by atoms with van der Waals surface area (Å²) in [5, 5.41) is 3.04. The van der Waals surface area contributed by atoms with Crippen LogP contribution < -0.4 is 15.8 Å². The van der Waals surface area contributed by atoms with Crippen LogP contribution in [0.4, 0.5) is 5.95 Å². The molecule has 2 aromatic heterocycles. The number of nitrogens with one attached hydrogen (secondary N) is 1. The smallest absolute Gasteiger partial charge is 0.223 e. The zero-order valence-corrected chi connectivity index (χ0v) is 18.8. The van der Waals surface area contributed by atoms with Gasteiger partial charge < -0.3 is 20.4 Å². The van der Waals surface area contributed by atoms with Gasteiger partial charge in [-0.25, -0.2) is 9.97 Å². The van der Waals surface area contributed by atoms with E-state index < -0.39 is 0 Å². The largest absolute Gasteiger partial charge is 0.476 e. The number of anilines is 1. The first-order valence-corrected chi connectivity index (χ1v) is 11.8. The Morgan fingerprint density at radius 2 is 1.97 bits per heavy atom. The molecule has 4 rings (SSSR count). The summed E-state index contributed by atoms with van der Waals surface area (Å²) in [5.74, 6) is 1.39. The van der Waals surface area contributed by atoms with Crippen molar-refractivity contribution < 1.29 is 9.53 Å². The molecule has 1 aliphatic heterocycles. The summed E-state index contributed by atoms with van der Waals surface area (Å²) in [6.07, 6.45) is 9.22. The maximum atomic E-state index is 12.4. The maximum absolute atomic E-state index is 12.4. The average molecular weight is 429 g/mol. The molecule has 2 aliphatic rings. The van der Waals surface area contributed by atoms with Gasteiger partial charge in [0, 0.05) is 30.6 Å². The molecule has 1 aliphatic carbocycles. The number of likely N-dealkylation sites (tertiary alicyclic amines) is 1. The van der Waals surface area contributed by atoms with Gasteiger partial charge in [0.25, 0.3) is 0 Å². The van der Waals surface area contributed by atoms with E-state index in [9.17, 15) is 4.79 Å². The Balaban J connectivity index is 1.40. The fourth-order valence-corrected chi connectivity index (χ4v) is 4.92. The van der Waals surface area contributed by atoms with Crippen LogP contribution in [0.3, 0.4) is 0 Å². The van der Waals surface area contributed by atoms with Crippen molar-refractivity contribution in [2.75, 3.05) is 32.0 Å². The normalized spacial score (nSPS) is 22.7. The van der Waals surface area contributed by atoms with E-state index in [2.05, 4.69) is 24.8 Å². The molecule has 8 nitrogen and oxygen atoms in total. The predicted octanol–water partition coefficient (Wildman–Crippen LogP) is 3.13. The van der Waals surface area contributed by atoms with E-state index in [4.69, 9.17) is 10.5 Å². The van der Waals surface area contributed by atoms with Gasteiger partial charge in [0.15, 0.2) is 0 Å². The molecule has 0 unspecified atom stereocenters. The number of nitrogens with two attached hydrogens (primary N) is 1. The minimum absolute atomic E-state index is 0.0880. The molecule has 170 valence electrons. The number of hydrogen-bond acceptors (Lipinski definition) is 6. The van der Waals surface area contributed by atoms with Crippen LogP contribution in [-0.4, -0.2) is 57.6 Å². The molecule has 0 aromatic carbocycles. The first kappa shape index (κ1) is 21.9. The molecule has 8 heteroatoms. The SMILES string of the molecule is CC(C)NC(=O)[C@H]1CC[C@@H](n2c(N)nc3cnc(OCCN4CCCCC4)cc32)CC1. The van der Waals surface area contributed by atoms with E-state index in [0.29, 0.717) is 18.4 Å². The van der Waals surface area contributed by atoms with Crippen molar-refractivity contribution in [3.05, 3.63) is 12.3 Å². The third kappa shape index (κ3) is 5.29. The lowest BCUT2D eigenvalue weighted by Crippen LogP contribution is -2.37. The van der Waals surface area contributed by atoms with Gasteiger partial charge in [-0.2, -0.15) is 0 Å². The molecule has 0 atom stereocenters. The third-order valence-electron chi connectivity index (χ3n) is 6.55. The molecule has 0 radical (unpaired) electrons. The number of fused-ring (bicyclic) bond motifs is 1. The number of nitrogen functional groups attached to an aromatic ring is 1. The van der Waals surface area contributed by atoms with Gasteiger partial charge in [-0.1, -0.05) is 6.42 Å². The Kier molecular flexibility index (Phi) is 6.95. The Hall–Kier alpha value is -2.35. The van der Waals surface area contributed by atoms with Gasteiger partial charge in [0.05, 0.1) is 11.7 Å². The van der Waals surface area contributed by atoms with Gasteiger partial charge in [0.2, 0.25) is 17.7 Å². The van der Waals surface area contributed by atoms with Crippen molar-refractivity contribution in [2.24, 2.45) is 5.92 Å². The summed E-state index contributed by atoms with van der Waals surface area (Å²) in [5.41, 5.74) is 8.05. The van der Waals surface area contributed by atoms with Gasteiger partial charge >= 0.3 is 0 Å². The van der Waals surface area contributed by atoms with Crippen LogP contribution >= 0.6 is 0 Å². The number of aromatic nitrogens is 3. The summed E-state index contributed by atoms with van der Waals surface area (Å²) in [7, 11) is 0. The van der Waals surface area contributed by atoms with Crippen LogP contribution in [0.25, 0.3) is 11.0 Å². The molecular formula is C23H36N6O2. The molecule has 2 fully saturated rings. The highest BCUT2D eigenvalue weighted by Crippen LogP contribution is 2.36. The lowest BCUT2D eigenvalue weighted by atomic mass is 9.85. The first-order chi connectivity index (χ1) is 15.0. The van der Waals surface area contributed by atoms with Gasteiger partial charge in [-0.05, 0) is 65.5 Å². The number of rotatable bonds is 7. The number of amides is 1. The van der Waals surface area contributed by atoms with E-state index in [1.54, 1.807) is 6.20 Å². The number of pyridine rings is 1. The lowest BCUT2D eigenvalue weighted by Gasteiger charge is -2.30. The second-order valence-electron chi connectivity index (χ2n) is 9.27. The fourth-order valence-electron chi connectivity index (χ4n) is 4.92. The minimum atomic E-state index is 0.0880. The van der Waals surface area contributed by atoms with Crippen LogP contribution in [-0.2, 0) is 4.79 Å². The maximum Gasteiger partial charge on any atom is 0.223 e. The number of nitrogens with zero attached hydrogens (tertiary/aromatic N) is 4. The van der Waals surface area contributed by atoms with E-state index in [1.807, 2.05) is 19.9 Å². The van der Waals surface area contributed by atoms with Crippen LogP contribution in [0.1, 0.15) is 64.8 Å². The molecule has 1 saturated heterocycles. The topological polar surface area (TPSA) is 98.3 Å². The predicted molar refractivity (Wildman–Crippen MR) is 122 cm³/mol. The van der Waals surface area contributed by atoms with Crippen molar-refractivity contribution in [1.29, 1.82) is 0 Å². The highest BCUT2D eigenvalue weighted by atomic mass is 16.5. The van der Waals surface area contributed by atoms with Crippen LogP contribution in [0, 0.1) is 5.92 Å². The standard InChI is InChI=1S/C23H36N6O2/c1-16(2)26-22(30)17-6-8-18(9-7-17)29-20-14-21(25-15-19(20)27-23(29)24)31-13-12-28-10-4-3-5-11-28/h14-18H,3-13H2,1-2H3,(H2,24,27)(H,26,30)/t17-,18+. The lowest BCUT2D eigenvalue weighted by molar-refractivity contribution is -0.126. The summed E-state index contributed by atoms with van der Waals surface area (Å²) in [6, 6.07) is 2.39. The Labute approximate surface area is 184 Å². The van der Waals surface area contributed by atoms with Crippen LogP contribution in [0.15, 0.2) is 12.3 Å². The quantitative estimate of drug-likeness (QED) is 0.703. The Morgan fingerprint density at radius 3 is 2.68 bits per heavy atom. The van der Waals surface area contributed by atoms with Gasteiger partial charge in [-0.3, -0.25) is 9.69 Å². The summed E-state index contributed by atoms with van der Waals surface area (Å²) >= 11 is 0. The molecule has 0 spiro atoms. The number of hydrogen-bond donors (Lipinski definition) is 2. The van der Waals surface area contributed by atoms with Crippen LogP contribution in [0.5, 0.6) is 5.88 Å². The van der Waals surface area contributed by atoms with E-state index >= 15 is 0 Å². The second-order valence-corrected chi connectivity index (χ2v) is 9.27. The van der Waals surface area contributed by atoms with E-state index in [0.717, 1.165) is 56.4 Å². The molecule has 3 N–H and O–H groups in total. The van der Waals surface area contributed by atoms with Crippen molar-refractivity contribution in [3.63, 3.8) is 0 Å². The van der Waals surface area contributed by atoms with Crippen molar-refractivity contribution in [1.82, 2.24) is 24.8 Å². The summed E-state index contributed by atoms with van der Waals surface area (Å²) in [6.45, 7) is 7.90. The number of carbonyl (C=O) groups is 1. The van der Waals surface area contributed by atoms with E-state index in [1.165, 1.54) is 19.3 Å². The molecule has 1 saturated carbocycles. The Morgan fingerprint density at radius 1 is 1.23 bits per heavy atom. The molecular weight excluding hydrogens is 392 g/mol. The van der Waals surface area contributed by atoms with Crippen molar-refractivity contribution in [3.8, 4) is 5.88 Å². The fraction of sp³-hybridized carbons (Fsp3) is 0.696. The number of imidazole rings is 1. The summed E-state index contributed by atoms with van der Waals surface area (Å²) < 4.78 is 8.08. The number of carbonyl (C=O) groups excluding carboxylic acids is 1. The highest BCUT2D eigenvalue weighted by molar-refractivity contribution is 5.79. The molecule has 31 heavy (non-hydrogen) atoms. The third-order valence-corrected chi connectivity index (χ3v) is 6.55. The molecule has 0 bridgehead atoms. The molecule has 1 amide bonds. The second kappa shape index (κ2) is 9.85. The van der Waals surface area contributed by atoms with Crippen molar-refractivity contribution >= 4 is 22.9 Å². The Bertz CT molecular complexity index is 882. The first-order valence-electron chi connectivity index (χ1n) is 11.8. The van der Waals surface area contributed by atoms with Crippen LogP contribution in [0.2, 0.25) is 0 Å². The van der Waals surface area contributed by atoms with Crippen molar-refractivity contribution in [2.45, 2.75) is 70.9 Å². The monoisotopic (exact) mass is 428 g/mol. The number of ether oxygens (including phenoxy) is 1. The van der Waals surface area contributed by atoms with E-state index in [-0.39, 0.29) is 23.9 Å².